The number of fused-ring (bicyclic) bond motifs is 18. The molecule has 0 fully saturated rings. The quantitative estimate of drug-likeness (QED) is 0.127. The van der Waals surface area contributed by atoms with Crippen molar-refractivity contribution in [2.45, 2.75) is 12.8 Å². The molecule has 0 unspecified atom stereocenters. The molecule has 18 rings (SSSR count). The molecule has 0 spiro atoms. The number of aromatic nitrogens is 2. The topological polar surface area (TPSA) is 15.3 Å². The standard InChI is InChI=1S/C78H50N4S2/c1-3-16-51(4-2)79(69-27-14-25-61-55-19-8-10-29-73(55)83-77(61)69)53-37-31-47(32-38-53)49-35-41-67-63(43-49)57-21-12-23-59-65-46-72-66(45-71(65)81(67)75(57)59)60-24-13-22-58-64-44-50(36-42-68(64)82(72)76(58)60)48-33-39-54(40-34-48)80(52-17-6-5-7-18-52)70-28-15-26-62-56-20-9-11-30-74(56)84-78(62)70/h3-14,16-25,27-46H,1-2,15,26H2/b51-16+. The van der Waals surface area contributed by atoms with Crippen LogP contribution in [0.15, 0.2) is 274 Å². The fraction of sp³-hybridized carbons (Fsp3) is 0.0256. The lowest BCUT2D eigenvalue weighted by molar-refractivity contribution is 0.988. The monoisotopic (exact) mass is 1110 g/mol. The van der Waals surface area contributed by atoms with E-state index in [0.29, 0.717) is 0 Å². The second kappa shape index (κ2) is 18.1. The number of nitrogens with zero attached hydrogens (tertiary/aromatic N) is 4. The number of thiophene rings is 2. The van der Waals surface area contributed by atoms with E-state index in [1.165, 1.54) is 145 Å². The molecule has 0 atom stereocenters. The van der Waals surface area contributed by atoms with Gasteiger partial charge in [-0.15, -0.1) is 22.7 Å². The summed E-state index contributed by atoms with van der Waals surface area (Å²) in [6.45, 7) is 8.31. The van der Waals surface area contributed by atoms with Gasteiger partial charge in [0.2, 0.25) is 0 Å². The van der Waals surface area contributed by atoms with E-state index in [4.69, 9.17) is 0 Å². The first-order valence-electron chi connectivity index (χ1n) is 28.8. The van der Waals surface area contributed by atoms with E-state index in [-0.39, 0.29) is 0 Å². The molecule has 0 saturated heterocycles. The SMILES string of the molecule is C=C/C=C(\C=C)N(c1ccc(-c2ccc3c(c2)c2cccc4c5cc6c(cc5n3c24)c2cccc3c4cc(-c5ccc(N(C7=CCCc8c7sc7ccccc87)c7ccccc7)cc5)ccc4n6c32)cc1)c1cccc2c1sc1ccccc12. The zero-order chi connectivity index (χ0) is 55.3. The van der Waals surface area contributed by atoms with Crippen molar-refractivity contribution in [3.63, 3.8) is 0 Å². The number of rotatable bonds is 10. The Bertz CT molecular complexity index is 5650. The summed E-state index contributed by atoms with van der Waals surface area (Å²) in [7, 11) is 0. The highest BCUT2D eigenvalue weighted by atomic mass is 32.1. The van der Waals surface area contributed by atoms with Crippen molar-refractivity contribution in [3.8, 4) is 22.3 Å². The Morgan fingerprint density at radius 2 is 0.917 bits per heavy atom. The van der Waals surface area contributed by atoms with Crippen LogP contribution in [0.1, 0.15) is 16.9 Å². The van der Waals surface area contributed by atoms with Gasteiger partial charge in [0.05, 0.1) is 54.1 Å². The van der Waals surface area contributed by atoms with Crippen LogP contribution in [0.25, 0.3) is 134 Å². The van der Waals surface area contributed by atoms with Crippen LogP contribution in [-0.4, -0.2) is 8.80 Å². The number of aryl methyl sites for hydroxylation is 1. The largest absolute Gasteiger partial charge is 0.309 e. The molecule has 0 saturated carbocycles. The number of benzene rings is 11. The lowest BCUT2D eigenvalue weighted by atomic mass is 9.97. The summed E-state index contributed by atoms with van der Waals surface area (Å²) in [5.41, 5.74) is 20.4. The minimum atomic E-state index is 0.963. The van der Waals surface area contributed by atoms with Crippen LogP contribution in [0.3, 0.4) is 0 Å². The molecule has 84 heavy (non-hydrogen) atoms. The van der Waals surface area contributed by atoms with Gasteiger partial charge >= 0.3 is 0 Å². The van der Waals surface area contributed by atoms with Crippen LogP contribution in [0.2, 0.25) is 0 Å². The van der Waals surface area contributed by atoms with Crippen LogP contribution in [0.5, 0.6) is 0 Å². The van der Waals surface area contributed by atoms with E-state index in [1.54, 1.807) is 0 Å². The fourth-order valence-corrected chi connectivity index (χ4v) is 16.8. The lowest BCUT2D eigenvalue weighted by Crippen LogP contribution is -2.17. The second-order valence-electron chi connectivity index (χ2n) is 22.3. The Kier molecular flexibility index (Phi) is 10.2. The van der Waals surface area contributed by atoms with Gasteiger partial charge in [-0.1, -0.05) is 165 Å². The Morgan fingerprint density at radius 3 is 1.52 bits per heavy atom. The molecule has 17 aromatic rings. The third-order valence-corrected chi connectivity index (χ3v) is 20.4. The molecule has 0 radical (unpaired) electrons. The van der Waals surface area contributed by atoms with E-state index in [9.17, 15) is 0 Å². The first-order valence-corrected chi connectivity index (χ1v) is 30.5. The maximum Gasteiger partial charge on any atom is 0.0640 e. The molecule has 1 aliphatic rings. The number of para-hydroxylation sites is 3. The zero-order valence-corrected chi connectivity index (χ0v) is 47.3. The zero-order valence-electron chi connectivity index (χ0n) is 45.7. The van der Waals surface area contributed by atoms with Crippen molar-refractivity contribution in [3.05, 3.63) is 284 Å². The third kappa shape index (κ3) is 6.75. The van der Waals surface area contributed by atoms with Crippen LogP contribution in [0.4, 0.5) is 22.7 Å². The average molecular weight is 1110 g/mol. The molecule has 11 aromatic carbocycles. The van der Waals surface area contributed by atoms with E-state index in [2.05, 4.69) is 268 Å². The van der Waals surface area contributed by atoms with Crippen LogP contribution in [-0.2, 0) is 6.42 Å². The molecule has 4 nitrogen and oxygen atoms in total. The highest BCUT2D eigenvalue weighted by Crippen LogP contribution is 2.49. The van der Waals surface area contributed by atoms with Gasteiger partial charge in [0.1, 0.15) is 0 Å². The van der Waals surface area contributed by atoms with Crippen LogP contribution < -0.4 is 9.80 Å². The Morgan fingerprint density at radius 1 is 0.417 bits per heavy atom. The van der Waals surface area contributed by atoms with Gasteiger partial charge in [0.25, 0.3) is 0 Å². The first kappa shape index (κ1) is 47.4. The van der Waals surface area contributed by atoms with Gasteiger partial charge in [-0.05, 0) is 149 Å². The summed E-state index contributed by atoms with van der Waals surface area (Å²) in [5, 5.41) is 14.1. The summed E-state index contributed by atoms with van der Waals surface area (Å²) in [4.78, 5) is 6.14. The van der Waals surface area contributed by atoms with Crippen molar-refractivity contribution < 1.29 is 0 Å². The first-order chi connectivity index (χ1) is 41.6. The average Bonchev–Trinajstić information content (AvgIpc) is 2.41. The second-order valence-corrected chi connectivity index (χ2v) is 24.4. The lowest BCUT2D eigenvalue weighted by Gasteiger charge is -2.30. The molecule has 0 bridgehead atoms. The Hall–Kier alpha value is -10.2. The predicted molar refractivity (Wildman–Crippen MR) is 363 cm³/mol. The maximum atomic E-state index is 4.24. The summed E-state index contributed by atoms with van der Waals surface area (Å²) < 4.78 is 8.93. The molecule has 6 heteroatoms. The predicted octanol–water partition coefficient (Wildman–Crippen LogP) is 22.4. The number of allylic oxidation sites excluding steroid dienone is 4. The molecular weight excluding hydrogens is 1060 g/mol. The molecule has 394 valence electrons. The van der Waals surface area contributed by atoms with Crippen LogP contribution >= 0.6 is 22.7 Å². The normalized spacial score (nSPS) is 13.1. The summed E-state index contributed by atoms with van der Waals surface area (Å²) in [5.74, 6) is 0. The molecule has 1 aliphatic carbocycles. The van der Waals surface area contributed by atoms with Gasteiger partial charge < -0.3 is 18.6 Å². The summed E-state index contributed by atoms with van der Waals surface area (Å²) in [6, 6.07) is 86.0. The molecule has 0 N–H and O–H groups in total. The van der Waals surface area contributed by atoms with Crippen LogP contribution in [0, 0.1) is 0 Å². The Labute approximate surface area is 492 Å². The minimum absolute atomic E-state index is 0.963. The van der Waals surface area contributed by atoms with Gasteiger partial charge in [-0.2, -0.15) is 0 Å². The number of hydrogen-bond donors (Lipinski definition) is 0. The van der Waals surface area contributed by atoms with Crippen molar-refractivity contribution in [1.29, 1.82) is 0 Å². The fourth-order valence-electron chi connectivity index (χ4n) is 14.3. The molecule has 6 heterocycles. The minimum Gasteiger partial charge on any atom is -0.309 e. The van der Waals surface area contributed by atoms with Gasteiger partial charge in [-0.3, -0.25) is 0 Å². The van der Waals surface area contributed by atoms with Gasteiger partial charge in [0.15, 0.2) is 0 Å². The molecular formula is C78H50N4S2. The number of hydrogen-bond acceptors (Lipinski definition) is 4. The smallest absolute Gasteiger partial charge is 0.0640 e. The van der Waals surface area contributed by atoms with Crippen molar-refractivity contribution in [2.75, 3.05) is 9.80 Å². The molecule has 0 amide bonds. The van der Waals surface area contributed by atoms with Crippen molar-refractivity contribution in [1.82, 2.24) is 8.80 Å². The summed E-state index contributed by atoms with van der Waals surface area (Å²) >= 11 is 3.75. The molecule has 6 aromatic heterocycles. The highest BCUT2D eigenvalue weighted by molar-refractivity contribution is 7.26. The van der Waals surface area contributed by atoms with Gasteiger partial charge in [0, 0.05) is 86.0 Å². The Balaban J connectivity index is 0.711. The summed E-state index contributed by atoms with van der Waals surface area (Å²) in [6.07, 6.45) is 10.3. The van der Waals surface area contributed by atoms with Crippen molar-refractivity contribution in [2.24, 2.45) is 0 Å². The van der Waals surface area contributed by atoms with Crippen molar-refractivity contribution >= 4 is 158 Å². The van der Waals surface area contributed by atoms with E-state index in [1.807, 2.05) is 40.9 Å². The van der Waals surface area contributed by atoms with E-state index >= 15 is 0 Å². The van der Waals surface area contributed by atoms with Gasteiger partial charge in [-0.25, -0.2) is 0 Å². The molecule has 0 aliphatic heterocycles. The van der Waals surface area contributed by atoms with E-state index in [0.717, 1.165) is 41.2 Å². The maximum absolute atomic E-state index is 4.24. The third-order valence-electron chi connectivity index (χ3n) is 18.0. The number of anilines is 4. The van der Waals surface area contributed by atoms with E-state index < -0.39 is 0 Å². The highest BCUT2D eigenvalue weighted by Gasteiger charge is 2.27.